The van der Waals surface area contributed by atoms with Gasteiger partial charge >= 0.3 is 0 Å². The van der Waals surface area contributed by atoms with E-state index in [4.69, 9.17) is 16.3 Å². The maximum Gasteiger partial charge on any atom is 0.199 e. The van der Waals surface area contributed by atoms with Gasteiger partial charge in [-0.25, -0.2) is 8.42 Å². The number of fused-ring (bicyclic) bond motifs is 4. The minimum Gasteiger partial charge on any atom is -0.457 e. The van der Waals surface area contributed by atoms with Crippen LogP contribution >= 0.6 is 22.9 Å². The van der Waals surface area contributed by atoms with E-state index in [-0.39, 0.29) is 10.7 Å². The standard InChI is InChI=1S/C35H25ClO4S2/c36-23-8-10-24(11-9-23)40-25-12-14-26(15-13-25)42(38,39)33-20-19-31(35(37)32-6-3-21-41-32)30-18-17-28-27-5-2-1-4-22(27)7-16-29(28)34(30)33/h1-15,17-18,21,33H,16,19-20H2. The van der Waals surface area contributed by atoms with Crippen LogP contribution in [0.15, 0.2) is 107 Å². The molecule has 0 spiro atoms. The number of hydrogen-bond donors (Lipinski definition) is 0. The average molecular weight is 609 g/mol. The van der Waals surface area contributed by atoms with Gasteiger partial charge in [-0.1, -0.05) is 60.1 Å². The first-order chi connectivity index (χ1) is 20.4. The predicted octanol–water partition coefficient (Wildman–Crippen LogP) is 7.16. The maximum absolute atomic E-state index is 14.3. The lowest BCUT2D eigenvalue weighted by molar-refractivity contribution is 0.105. The Bertz CT molecular complexity index is 2170. The van der Waals surface area contributed by atoms with Crippen LogP contribution in [0.25, 0.3) is 11.6 Å². The van der Waals surface area contributed by atoms with Crippen molar-refractivity contribution >= 4 is 50.2 Å². The van der Waals surface area contributed by atoms with Gasteiger partial charge in [0.1, 0.15) is 11.5 Å². The maximum atomic E-state index is 14.3. The summed E-state index contributed by atoms with van der Waals surface area (Å²) in [6, 6.07) is 29.4. The van der Waals surface area contributed by atoms with Gasteiger partial charge < -0.3 is 4.74 Å². The van der Waals surface area contributed by atoms with Crippen molar-refractivity contribution in [2.75, 3.05) is 0 Å². The van der Waals surface area contributed by atoms with Crippen molar-refractivity contribution in [1.82, 2.24) is 0 Å². The summed E-state index contributed by atoms with van der Waals surface area (Å²) in [5.74, 6) is 1.12. The van der Waals surface area contributed by atoms with Crippen molar-refractivity contribution in [3.63, 3.8) is 0 Å². The molecule has 4 aromatic carbocycles. The number of hydrogen-bond acceptors (Lipinski definition) is 5. The second-order valence-electron chi connectivity index (χ2n) is 10.4. The molecule has 0 aliphatic heterocycles. The molecular formula is C35H25ClO4S2. The normalized spacial score (nSPS) is 15.6. The summed E-state index contributed by atoms with van der Waals surface area (Å²) in [7, 11) is -3.79. The summed E-state index contributed by atoms with van der Waals surface area (Å²) in [5, 5.41) is 5.73. The number of rotatable bonds is 6. The molecular weight excluding hydrogens is 584 g/mol. The smallest absolute Gasteiger partial charge is 0.199 e. The number of benzene rings is 4. The van der Waals surface area contributed by atoms with E-state index in [0.717, 1.165) is 32.0 Å². The second-order valence-corrected chi connectivity index (χ2v) is 13.9. The van der Waals surface area contributed by atoms with Crippen LogP contribution in [0.5, 0.6) is 11.5 Å². The van der Waals surface area contributed by atoms with Crippen molar-refractivity contribution in [1.29, 1.82) is 0 Å². The second kappa shape index (κ2) is 10.7. The minimum atomic E-state index is -3.79. The third-order valence-electron chi connectivity index (χ3n) is 8.03. The Hall–Kier alpha value is -3.97. The topological polar surface area (TPSA) is 60.4 Å². The van der Waals surface area contributed by atoms with Gasteiger partial charge in [0, 0.05) is 10.6 Å². The molecule has 0 amide bonds. The summed E-state index contributed by atoms with van der Waals surface area (Å²) in [4.78, 5) is 14.5. The fraction of sp³-hybridized carbons (Fsp3) is 0.114. The molecule has 0 saturated heterocycles. The molecule has 7 heteroatoms. The number of sulfone groups is 1. The predicted molar refractivity (Wildman–Crippen MR) is 167 cm³/mol. The van der Waals surface area contributed by atoms with E-state index >= 15 is 0 Å². The zero-order valence-electron chi connectivity index (χ0n) is 22.4. The van der Waals surface area contributed by atoms with Crippen molar-refractivity contribution in [3.05, 3.63) is 144 Å². The van der Waals surface area contributed by atoms with Gasteiger partial charge in [-0.2, -0.15) is 0 Å². The molecule has 4 nitrogen and oxygen atoms in total. The van der Waals surface area contributed by atoms with Crippen LogP contribution in [0.3, 0.4) is 0 Å². The zero-order valence-corrected chi connectivity index (χ0v) is 24.8. The SMILES string of the molecule is O=C(C1=c2ccc3c(c2C(S(=O)(=O)c2ccc(Oc4ccc(Cl)cc4)cc2)CC1)CC=c1ccccc1=3)c1cccs1. The molecule has 1 unspecified atom stereocenters. The number of ketones is 1. The van der Waals surface area contributed by atoms with Gasteiger partial charge in [-0.05, 0) is 111 Å². The number of Topliss-reactive ketones (excluding diaryl/α,β-unsaturated/α-hetero) is 1. The molecule has 2 aliphatic carbocycles. The monoisotopic (exact) mass is 608 g/mol. The number of thiophene rings is 1. The highest BCUT2D eigenvalue weighted by atomic mass is 35.5. The average Bonchev–Trinajstić information content (AvgIpc) is 3.56. The molecule has 0 fully saturated rings. The van der Waals surface area contributed by atoms with Crippen LogP contribution in [0.4, 0.5) is 0 Å². The third-order valence-corrected chi connectivity index (χ3v) is 11.3. The first-order valence-electron chi connectivity index (χ1n) is 13.7. The van der Waals surface area contributed by atoms with Crippen molar-refractivity contribution < 1.29 is 17.9 Å². The van der Waals surface area contributed by atoms with Gasteiger partial charge in [0.25, 0.3) is 0 Å². The number of carbonyl (C=O) groups excluding carboxylic acids is 1. The highest BCUT2D eigenvalue weighted by Gasteiger charge is 2.36. The molecule has 0 radical (unpaired) electrons. The Morgan fingerprint density at radius 1 is 0.810 bits per heavy atom. The van der Waals surface area contributed by atoms with Crippen LogP contribution in [0.2, 0.25) is 5.02 Å². The Morgan fingerprint density at radius 3 is 2.26 bits per heavy atom. The van der Waals surface area contributed by atoms with Crippen molar-refractivity contribution in [2.24, 2.45) is 0 Å². The first kappa shape index (κ1) is 26.9. The number of halogens is 1. The third kappa shape index (κ3) is 4.70. The van der Waals surface area contributed by atoms with Crippen LogP contribution < -0.4 is 15.2 Å². The van der Waals surface area contributed by atoms with E-state index in [2.05, 4.69) is 24.3 Å². The molecule has 1 aromatic heterocycles. The van der Waals surface area contributed by atoms with E-state index in [1.165, 1.54) is 11.3 Å². The highest BCUT2D eigenvalue weighted by Crippen LogP contribution is 2.39. The molecule has 0 bridgehead atoms. The van der Waals surface area contributed by atoms with Gasteiger partial charge in [-0.3, -0.25) is 4.79 Å². The first-order valence-corrected chi connectivity index (χ1v) is 16.5. The van der Waals surface area contributed by atoms with E-state index < -0.39 is 15.1 Å². The van der Waals surface area contributed by atoms with E-state index in [9.17, 15) is 13.2 Å². The number of ether oxygens (including phenoxy) is 1. The molecule has 0 saturated carbocycles. The van der Waals surface area contributed by atoms with E-state index in [0.29, 0.717) is 46.2 Å². The fourth-order valence-electron chi connectivity index (χ4n) is 6.06. The molecule has 1 atom stereocenters. The van der Waals surface area contributed by atoms with Crippen LogP contribution in [0.1, 0.15) is 38.9 Å². The quantitative estimate of drug-likeness (QED) is 0.192. The Balaban J connectivity index is 1.37. The Morgan fingerprint density at radius 2 is 1.52 bits per heavy atom. The van der Waals surface area contributed by atoms with Gasteiger partial charge in [0.2, 0.25) is 0 Å². The van der Waals surface area contributed by atoms with E-state index in [1.807, 2.05) is 35.7 Å². The van der Waals surface area contributed by atoms with Gasteiger partial charge in [-0.15, -0.1) is 11.3 Å². The number of carbonyl (C=O) groups is 1. The molecule has 5 aromatic rings. The van der Waals surface area contributed by atoms with Crippen LogP contribution in [0, 0.1) is 10.4 Å². The van der Waals surface area contributed by atoms with Crippen LogP contribution in [-0.2, 0) is 16.3 Å². The lowest BCUT2D eigenvalue weighted by atomic mass is 9.84. The zero-order chi connectivity index (χ0) is 28.8. The summed E-state index contributed by atoms with van der Waals surface area (Å²) in [6.45, 7) is 0. The molecule has 208 valence electrons. The lowest BCUT2D eigenvalue weighted by Gasteiger charge is -2.28. The van der Waals surface area contributed by atoms with Crippen molar-refractivity contribution in [2.45, 2.75) is 29.4 Å². The van der Waals surface area contributed by atoms with Gasteiger partial charge in [0.05, 0.1) is 15.0 Å². The fourth-order valence-corrected chi connectivity index (χ4v) is 8.73. The lowest BCUT2D eigenvalue weighted by Crippen LogP contribution is -2.31. The Kier molecular flexibility index (Phi) is 6.85. The summed E-state index contributed by atoms with van der Waals surface area (Å²) in [6.07, 6.45) is 3.49. The van der Waals surface area contributed by atoms with E-state index in [1.54, 1.807) is 48.5 Å². The van der Waals surface area contributed by atoms with Crippen molar-refractivity contribution in [3.8, 4) is 11.5 Å². The largest absolute Gasteiger partial charge is 0.457 e. The highest BCUT2D eigenvalue weighted by molar-refractivity contribution is 7.91. The summed E-state index contributed by atoms with van der Waals surface area (Å²) < 4.78 is 34.6. The molecule has 1 heterocycles. The molecule has 7 rings (SSSR count). The Labute approximate surface area is 252 Å². The molecule has 42 heavy (non-hydrogen) atoms. The summed E-state index contributed by atoms with van der Waals surface area (Å²) in [5.41, 5.74) is 2.43. The van der Waals surface area contributed by atoms with Gasteiger partial charge in [0.15, 0.2) is 15.6 Å². The van der Waals surface area contributed by atoms with Crippen LogP contribution in [-0.4, -0.2) is 14.2 Å². The molecule has 2 aliphatic rings. The summed E-state index contributed by atoms with van der Waals surface area (Å²) >= 11 is 7.38. The minimum absolute atomic E-state index is 0.0223. The molecule has 0 N–H and O–H groups in total.